The molecule has 0 rings (SSSR count). The van der Waals surface area contributed by atoms with Crippen LogP contribution in [-0.4, -0.2) is 11.9 Å². The lowest BCUT2D eigenvalue weighted by Gasteiger charge is -2.04. The van der Waals surface area contributed by atoms with Crippen LogP contribution in [0.4, 0.5) is 0 Å². The standard InChI is InChI=1S/C18H36O2.C3H6O2/c1-2-3-4-5-6-7-8-9-10-11-12-13-14-15-16-17-18(19)20;1-2-3(4)5/h2-17H2,1H3,(H,19,20);2H2,1H3,(H,4,5)/p-2. The highest BCUT2D eigenvalue weighted by atomic mass is 16.4. The van der Waals surface area contributed by atoms with Gasteiger partial charge < -0.3 is 19.8 Å². The van der Waals surface area contributed by atoms with Crippen molar-refractivity contribution in [3.63, 3.8) is 0 Å². The third-order valence-corrected chi connectivity index (χ3v) is 4.27. The van der Waals surface area contributed by atoms with E-state index in [4.69, 9.17) is 0 Å². The van der Waals surface area contributed by atoms with Crippen LogP contribution in [0, 0.1) is 0 Å². The lowest BCUT2D eigenvalue weighted by atomic mass is 10.0. The highest BCUT2D eigenvalue weighted by molar-refractivity contribution is 5.64. The topological polar surface area (TPSA) is 80.3 Å². The first kappa shape index (κ1) is 26.2. The van der Waals surface area contributed by atoms with Gasteiger partial charge in [-0.2, -0.15) is 0 Å². The average Bonchev–Trinajstić information content (AvgIpc) is 2.58. The van der Waals surface area contributed by atoms with Crippen LogP contribution in [0.2, 0.25) is 0 Å². The lowest BCUT2D eigenvalue weighted by molar-refractivity contribution is -0.306. The molecule has 150 valence electrons. The van der Waals surface area contributed by atoms with Gasteiger partial charge in [0.05, 0.1) is 0 Å². The monoisotopic (exact) mass is 356 g/mol. The molecule has 0 fully saturated rings. The number of carbonyl (C=O) groups excluding carboxylic acids is 2. The minimum absolute atomic E-state index is 0.111. The van der Waals surface area contributed by atoms with Crippen LogP contribution in [0.25, 0.3) is 0 Å². The van der Waals surface area contributed by atoms with Crippen LogP contribution in [0.5, 0.6) is 0 Å². The summed E-state index contributed by atoms with van der Waals surface area (Å²) in [4.78, 5) is 19.5. The summed E-state index contributed by atoms with van der Waals surface area (Å²) in [5, 5.41) is 19.5. The summed E-state index contributed by atoms with van der Waals surface area (Å²) in [6, 6.07) is 0. The number of carboxylic acids is 2. The molecule has 0 unspecified atom stereocenters. The minimum Gasteiger partial charge on any atom is -0.550 e. The Morgan fingerprint density at radius 1 is 0.520 bits per heavy atom. The van der Waals surface area contributed by atoms with Gasteiger partial charge in [0.2, 0.25) is 0 Å². The molecule has 0 spiro atoms. The van der Waals surface area contributed by atoms with Gasteiger partial charge in [0, 0.05) is 11.9 Å². The van der Waals surface area contributed by atoms with Crippen molar-refractivity contribution in [2.75, 3.05) is 0 Å². The molecule has 25 heavy (non-hydrogen) atoms. The predicted octanol–water partition coefficient (Wildman–Crippen LogP) is 4.14. The van der Waals surface area contributed by atoms with Crippen molar-refractivity contribution >= 4 is 11.9 Å². The molecule has 0 heterocycles. The minimum atomic E-state index is -0.995. The van der Waals surface area contributed by atoms with Crippen LogP contribution in [-0.2, 0) is 9.59 Å². The van der Waals surface area contributed by atoms with E-state index in [2.05, 4.69) is 6.92 Å². The number of unbranched alkanes of at least 4 members (excludes halogenated alkanes) is 14. The summed E-state index contributed by atoms with van der Waals surface area (Å²) in [6.45, 7) is 3.80. The van der Waals surface area contributed by atoms with Crippen molar-refractivity contribution in [1.82, 2.24) is 0 Å². The van der Waals surface area contributed by atoms with E-state index in [1.54, 1.807) is 0 Å². The third kappa shape index (κ3) is 31.3. The first-order valence-electron chi connectivity index (χ1n) is 10.4. The number of aliphatic carboxylic acids is 2. The number of hydrogen-bond donors (Lipinski definition) is 0. The second-order valence-corrected chi connectivity index (χ2v) is 6.80. The Hall–Kier alpha value is -1.06. The van der Waals surface area contributed by atoms with Gasteiger partial charge in [-0.05, 0) is 19.3 Å². The molecule has 0 aromatic rings. The fourth-order valence-electron chi connectivity index (χ4n) is 2.64. The second kappa shape index (κ2) is 22.9. The Balaban J connectivity index is 0. The molecule has 0 amide bonds. The predicted molar refractivity (Wildman–Crippen MR) is 99.9 cm³/mol. The van der Waals surface area contributed by atoms with Gasteiger partial charge in [-0.15, -0.1) is 0 Å². The van der Waals surface area contributed by atoms with Gasteiger partial charge in [0.15, 0.2) is 0 Å². The molecule has 0 aliphatic carbocycles. The van der Waals surface area contributed by atoms with Gasteiger partial charge in [0.1, 0.15) is 0 Å². The summed E-state index contributed by atoms with van der Waals surface area (Å²) in [5.74, 6) is -1.90. The van der Waals surface area contributed by atoms with Crippen molar-refractivity contribution < 1.29 is 19.8 Å². The lowest BCUT2D eigenvalue weighted by Crippen LogP contribution is -2.21. The number of carboxylic acid groups (broad SMARTS) is 2. The van der Waals surface area contributed by atoms with Gasteiger partial charge in [-0.3, -0.25) is 0 Å². The second-order valence-electron chi connectivity index (χ2n) is 6.80. The summed E-state index contributed by atoms with van der Waals surface area (Å²) in [7, 11) is 0. The van der Waals surface area contributed by atoms with Gasteiger partial charge in [-0.1, -0.05) is 104 Å². The van der Waals surface area contributed by atoms with Crippen LogP contribution in [0.15, 0.2) is 0 Å². The van der Waals surface area contributed by atoms with Gasteiger partial charge in [-0.25, -0.2) is 0 Å². The zero-order valence-electron chi connectivity index (χ0n) is 16.7. The van der Waals surface area contributed by atoms with Crippen LogP contribution in [0.1, 0.15) is 123 Å². The van der Waals surface area contributed by atoms with E-state index in [1.165, 1.54) is 90.4 Å². The molecule has 0 saturated heterocycles. The van der Waals surface area contributed by atoms with Crippen molar-refractivity contribution in [3.05, 3.63) is 0 Å². The van der Waals surface area contributed by atoms with E-state index in [0.717, 1.165) is 12.8 Å². The molecule has 4 nitrogen and oxygen atoms in total. The van der Waals surface area contributed by atoms with E-state index in [1.807, 2.05) is 0 Å². The maximum absolute atomic E-state index is 10.2. The maximum Gasteiger partial charge on any atom is 0.0414 e. The molecule has 0 aliphatic heterocycles. The zero-order chi connectivity index (χ0) is 19.2. The molecule has 0 aromatic carbocycles. The average molecular weight is 357 g/mol. The Labute approximate surface area is 155 Å². The Morgan fingerprint density at radius 3 is 1.04 bits per heavy atom. The smallest absolute Gasteiger partial charge is 0.0414 e. The fraction of sp³-hybridized carbons (Fsp3) is 0.905. The molecule has 0 bridgehead atoms. The summed E-state index contributed by atoms with van der Waals surface area (Å²) in [6.07, 6.45) is 20.0. The summed E-state index contributed by atoms with van der Waals surface area (Å²) >= 11 is 0. The first-order valence-corrected chi connectivity index (χ1v) is 10.4. The van der Waals surface area contributed by atoms with E-state index >= 15 is 0 Å². The van der Waals surface area contributed by atoms with Gasteiger partial charge >= 0.3 is 0 Å². The van der Waals surface area contributed by atoms with Crippen molar-refractivity contribution in [3.8, 4) is 0 Å². The number of carbonyl (C=O) groups is 2. The fourth-order valence-corrected chi connectivity index (χ4v) is 2.64. The third-order valence-electron chi connectivity index (χ3n) is 4.27. The summed E-state index contributed by atoms with van der Waals surface area (Å²) < 4.78 is 0. The quantitative estimate of drug-likeness (QED) is 0.367. The summed E-state index contributed by atoms with van der Waals surface area (Å²) in [5.41, 5.74) is 0. The van der Waals surface area contributed by atoms with E-state index in [0.29, 0.717) is 0 Å². The molecular formula is C21H40O4-2. The van der Waals surface area contributed by atoms with Crippen LogP contribution >= 0.6 is 0 Å². The van der Waals surface area contributed by atoms with E-state index in [9.17, 15) is 19.8 Å². The highest BCUT2D eigenvalue weighted by Gasteiger charge is 1.94. The van der Waals surface area contributed by atoms with Gasteiger partial charge in [0.25, 0.3) is 0 Å². The number of hydrogen-bond acceptors (Lipinski definition) is 4. The first-order chi connectivity index (χ1) is 12.0. The molecule has 4 heteroatoms. The molecule has 0 aromatic heterocycles. The molecule has 0 aliphatic rings. The van der Waals surface area contributed by atoms with E-state index < -0.39 is 11.9 Å². The van der Waals surface area contributed by atoms with Crippen molar-refractivity contribution in [2.45, 2.75) is 123 Å². The van der Waals surface area contributed by atoms with E-state index in [-0.39, 0.29) is 12.8 Å². The maximum atomic E-state index is 10.2. The number of rotatable bonds is 17. The highest BCUT2D eigenvalue weighted by Crippen LogP contribution is 2.13. The molecular weight excluding hydrogens is 316 g/mol. The molecule has 0 N–H and O–H groups in total. The van der Waals surface area contributed by atoms with Crippen LogP contribution in [0.3, 0.4) is 0 Å². The Bertz CT molecular complexity index is 290. The van der Waals surface area contributed by atoms with Crippen molar-refractivity contribution in [2.24, 2.45) is 0 Å². The Kier molecular flexibility index (Phi) is 24.0. The Morgan fingerprint density at radius 2 is 0.800 bits per heavy atom. The normalized spacial score (nSPS) is 10.2. The SMILES string of the molecule is CCC(=O)[O-].CCCCCCCCCCCCCCCCCC(=O)[O-]. The van der Waals surface area contributed by atoms with Crippen molar-refractivity contribution in [1.29, 1.82) is 0 Å². The molecule has 0 saturated carbocycles. The molecule has 0 radical (unpaired) electrons. The zero-order valence-corrected chi connectivity index (χ0v) is 16.7. The molecule has 0 atom stereocenters. The van der Waals surface area contributed by atoms with Crippen LogP contribution < -0.4 is 10.2 Å². The largest absolute Gasteiger partial charge is 0.550 e.